The number of aliphatic hydroxyl groups is 2. The number of benzene rings is 1. The van der Waals surface area contributed by atoms with Crippen LogP contribution in [-0.4, -0.2) is 49.4 Å². The molecule has 2 atom stereocenters. The molecular weight excluding hydrogens is 440 g/mol. The van der Waals surface area contributed by atoms with Crippen molar-refractivity contribution in [1.29, 1.82) is 10.3 Å². The molecule has 0 aliphatic rings. The van der Waals surface area contributed by atoms with Crippen LogP contribution in [0.5, 0.6) is 0 Å². The Kier molecular flexibility index (Phi) is 6.10. The molecule has 1 rings (SSSR count). The Hall–Kier alpha value is -0.260. The van der Waals surface area contributed by atoms with Crippen molar-refractivity contribution in [3.8, 4) is 0 Å². The van der Waals surface area contributed by atoms with E-state index in [9.17, 15) is 58.5 Å². The summed E-state index contributed by atoms with van der Waals surface area (Å²) in [5.41, 5.74) is -1.94. The van der Waals surface area contributed by atoms with Gasteiger partial charge in [-0.25, -0.2) is 0 Å². The molecule has 0 saturated heterocycles. The van der Waals surface area contributed by atoms with Gasteiger partial charge in [-0.1, -0.05) is 24.3 Å². The van der Waals surface area contributed by atoms with Gasteiger partial charge in [0.05, 0.1) is 0 Å². The van der Waals surface area contributed by atoms with E-state index in [1.54, 1.807) is 0 Å². The third-order valence-corrected chi connectivity index (χ3v) is 11.0. The summed E-state index contributed by atoms with van der Waals surface area (Å²) in [5.74, 6) is 0. The molecule has 0 saturated carbocycles. The summed E-state index contributed by atoms with van der Waals surface area (Å²) in [6.45, 7) is 0. The first-order chi connectivity index (χ1) is 11.2. The first-order valence-electron chi connectivity index (χ1n) is 6.08. The lowest BCUT2D eigenvalue weighted by molar-refractivity contribution is 0.140. The quantitative estimate of drug-likeness (QED) is 0.240. The third kappa shape index (κ3) is 3.68. The van der Waals surface area contributed by atoms with Gasteiger partial charge in [0.25, 0.3) is 25.2 Å². The average molecular weight is 456 g/mol. The van der Waals surface area contributed by atoms with E-state index in [0.717, 1.165) is 0 Å². The predicted molar refractivity (Wildman–Crippen MR) is 86.5 cm³/mol. The van der Waals surface area contributed by atoms with Crippen molar-refractivity contribution in [3.05, 3.63) is 35.4 Å². The molecule has 0 heterocycles. The summed E-state index contributed by atoms with van der Waals surface area (Å²) >= 11 is 0. The van der Waals surface area contributed by atoms with Crippen LogP contribution in [0.3, 0.4) is 0 Å². The monoisotopic (exact) mass is 456 g/mol. The summed E-state index contributed by atoms with van der Waals surface area (Å²) < 4.78 is 22.9. The smallest absolute Gasteiger partial charge is 0.365 e. The van der Waals surface area contributed by atoms with Gasteiger partial charge in [-0.05, 0) is 0 Å². The Labute approximate surface area is 145 Å². The van der Waals surface area contributed by atoms with Gasteiger partial charge in [0.1, 0.15) is 0 Å². The fraction of sp³-hybridized carbons (Fsp3) is 0.250. The molecule has 0 amide bonds. The van der Waals surface area contributed by atoms with Crippen LogP contribution in [0.1, 0.15) is 11.1 Å². The van der Waals surface area contributed by atoms with Gasteiger partial charge in [-0.15, -0.1) is 0 Å². The first-order valence-corrected chi connectivity index (χ1v) is 12.7. The Morgan fingerprint density at radius 1 is 0.615 bits per heavy atom. The van der Waals surface area contributed by atoms with Crippen LogP contribution in [0.4, 0.5) is 0 Å². The molecule has 14 nitrogen and oxygen atoms in total. The normalized spacial score (nSPS) is 18.8. The summed E-state index contributed by atoms with van der Waals surface area (Å²) in [6.07, 6.45) is 0. The van der Waals surface area contributed by atoms with Crippen molar-refractivity contribution in [1.82, 2.24) is 0 Å². The standard InChI is InChI=1S/C8H16N2O12P4/c9-23(13,14)7(11,25(17,18)19)5-1-2-6(4-3-5)8(12,24(10,15)16)26(20,21)22/h1-4,11-12H,(H3,9,13,14)(H3,10,15,16)(H2,17,18,19)(H2,20,21,22). The fourth-order valence-corrected chi connectivity index (χ4v) is 6.87. The summed E-state index contributed by atoms with van der Waals surface area (Å²) in [6, 6.07) is 1.84. The zero-order chi connectivity index (χ0) is 21.0. The zero-order valence-electron chi connectivity index (χ0n) is 12.4. The number of hydrogen-bond donors (Lipinski definition) is 12. The molecule has 2 unspecified atom stereocenters. The van der Waals surface area contributed by atoms with Crippen molar-refractivity contribution in [3.63, 3.8) is 0 Å². The van der Waals surface area contributed by atoms with Crippen LogP contribution in [0.2, 0.25) is 0 Å². The Morgan fingerprint density at radius 3 is 0.923 bits per heavy atom. The molecule has 0 aromatic heterocycles. The molecule has 0 aliphatic carbocycles. The summed E-state index contributed by atoms with van der Waals surface area (Å²) in [4.78, 5) is 74.0. The van der Waals surface area contributed by atoms with E-state index in [-0.39, 0.29) is 0 Å². The van der Waals surface area contributed by atoms with Gasteiger partial charge in [0, 0.05) is 11.1 Å². The number of nitrogens with one attached hydrogen (secondary N) is 2. The minimum atomic E-state index is -5.78. The lowest BCUT2D eigenvalue weighted by atomic mass is 10.1. The predicted octanol–water partition coefficient (Wildman–Crippen LogP) is -0.564. The maximum absolute atomic E-state index is 11.5. The molecule has 26 heavy (non-hydrogen) atoms. The molecule has 150 valence electrons. The SMILES string of the molecule is N=P(O)(O)C(O)(c1ccc(C(O)(P(=N)(O)O)P(=O)(O)O)cc1)P(=O)(O)O. The van der Waals surface area contributed by atoms with E-state index >= 15 is 0 Å². The third-order valence-electron chi connectivity index (χ3n) is 3.34. The van der Waals surface area contributed by atoms with Gasteiger partial charge < -0.3 is 49.4 Å². The van der Waals surface area contributed by atoms with Gasteiger partial charge in [-0.2, -0.15) is 0 Å². The Bertz CT molecular complexity index is 758. The fourth-order valence-electron chi connectivity index (χ4n) is 1.98. The van der Waals surface area contributed by atoms with E-state index < -0.39 is 51.5 Å². The van der Waals surface area contributed by atoms with Crippen LogP contribution < -0.4 is 0 Å². The van der Waals surface area contributed by atoms with Gasteiger partial charge in [-0.3, -0.25) is 19.5 Å². The second kappa shape index (κ2) is 6.66. The van der Waals surface area contributed by atoms with E-state index in [0.29, 0.717) is 24.3 Å². The van der Waals surface area contributed by atoms with E-state index in [2.05, 4.69) is 0 Å². The minimum Gasteiger partial charge on any atom is -0.365 e. The van der Waals surface area contributed by atoms with Crippen LogP contribution >= 0.6 is 30.2 Å². The topological polar surface area (TPSA) is 284 Å². The van der Waals surface area contributed by atoms with Crippen molar-refractivity contribution in [2.75, 3.05) is 0 Å². The first kappa shape index (κ1) is 23.8. The zero-order valence-corrected chi connectivity index (χ0v) is 16.0. The summed E-state index contributed by atoms with van der Waals surface area (Å²) in [7, 11) is -22.4. The van der Waals surface area contributed by atoms with Crippen LogP contribution in [0.25, 0.3) is 0 Å². The maximum Gasteiger partial charge on any atom is 0.372 e. The number of hydrogen-bond acceptors (Lipinski definition) is 6. The van der Waals surface area contributed by atoms with Crippen LogP contribution in [-0.2, 0) is 19.3 Å². The molecule has 1 aromatic carbocycles. The highest BCUT2D eigenvalue weighted by Gasteiger charge is 2.60. The van der Waals surface area contributed by atoms with Crippen molar-refractivity contribution < 1.29 is 58.5 Å². The van der Waals surface area contributed by atoms with Crippen molar-refractivity contribution in [2.45, 2.75) is 10.2 Å². The molecule has 0 bridgehead atoms. The molecule has 0 radical (unpaired) electrons. The highest BCUT2D eigenvalue weighted by atomic mass is 31.2. The second-order valence-electron chi connectivity index (χ2n) is 5.14. The molecule has 1 aromatic rings. The Morgan fingerprint density at radius 2 is 0.808 bits per heavy atom. The van der Waals surface area contributed by atoms with Gasteiger partial charge in [0.2, 0.25) is 0 Å². The maximum atomic E-state index is 11.5. The second-order valence-corrected chi connectivity index (χ2v) is 13.0. The highest BCUT2D eigenvalue weighted by Crippen LogP contribution is 2.75. The van der Waals surface area contributed by atoms with Gasteiger partial charge in [0.15, 0.2) is 0 Å². The average Bonchev–Trinajstić information content (AvgIpc) is 2.40. The van der Waals surface area contributed by atoms with E-state index in [4.69, 9.17) is 10.3 Å². The van der Waals surface area contributed by atoms with E-state index in [1.807, 2.05) is 0 Å². The number of rotatable bonds is 6. The van der Waals surface area contributed by atoms with Crippen molar-refractivity contribution >= 4 is 30.2 Å². The molecular formula is C8H16N2O12P4. The largest absolute Gasteiger partial charge is 0.372 e. The minimum absolute atomic E-state index is 0.459. The molecule has 0 spiro atoms. The lowest BCUT2D eigenvalue weighted by Crippen LogP contribution is -2.28. The molecule has 18 heteroatoms. The lowest BCUT2D eigenvalue weighted by Gasteiger charge is -2.34. The molecule has 0 fully saturated rings. The van der Waals surface area contributed by atoms with Crippen LogP contribution in [0.15, 0.2) is 24.3 Å². The van der Waals surface area contributed by atoms with Gasteiger partial charge >= 0.3 is 15.2 Å². The van der Waals surface area contributed by atoms with E-state index in [1.165, 1.54) is 0 Å². The highest BCUT2D eigenvalue weighted by molar-refractivity contribution is 7.72. The Balaban J connectivity index is 3.72. The van der Waals surface area contributed by atoms with Crippen molar-refractivity contribution in [2.24, 2.45) is 0 Å². The molecule has 12 N–H and O–H groups in total. The summed E-state index contributed by atoms with van der Waals surface area (Å²) in [5, 5.41) is 26.6. The molecule has 0 aliphatic heterocycles. The van der Waals surface area contributed by atoms with Crippen LogP contribution in [0, 0.1) is 10.3 Å².